The van der Waals surface area contributed by atoms with Crippen LogP contribution in [-0.2, 0) is 18.8 Å². The lowest BCUT2D eigenvalue weighted by Crippen LogP contribution is -2.23. The molecular weight excluding hydrogens is 400 g/mol. The standard InChI is InChI=1S/C15H18Br2N2O2/c1-18-11-7-9(14(17)13-5-3-4-6-21-13)10(16)8-12(11)19(2)15(18)20/h7-8,13-14H,3-6H2,1-2H3. The molecule has 1 saturated heterocycles. The number of ether oxygens (including phenoxy) is 1. The van der Waals surface area contributed by atoms with Crippen molar-refractivity contribution < 1.29 is 4.74 Å². The van der Waals surface area contributed by atoms with Crippen molar-refractivity contribution in [3.05, 3.63) is 32.7 Å². The Labute approximate surface area is 140 Å². The van der Waals surface area contributed by atoms with Crippen LogP contribution in [0.2, 0.25) is 0 Å². The van der Waals surface area contributed by atoms with Crippen LogP contribution in [0.15, 0.2) is 21.4 Å². The average molecular weight is 418 g/mol. The van der Waals surface area contributed by atoms with Crippen molar-refractivity contribution >= 4 is 42.9 Å². The Morgan fingerprint density at radius 3 is 2.52 bits per heavy atom. The fourth-order valence-electron chi connectivity index (χ4n) is 2.94. The number of nitrogens with zero attached hydrogens (tertiary/aromatic N) is 2. The van der Waals surface area contributed by atoms with E-state index in [4.69, 9.17) is 4.74 Å². The Morgan fingerprint density at radius 2 is 1.90 bits per heavy atom. The molecule has 0 spiro atoms. The van der Waals surface area contributed by atoms with Crippen LogP contribution < -0.4 is 5.69 Å². The van der Waals surface area contributed by atoms with Crippen molar-refractivity contribution in [2.24, 2.45) is 14.1 Å². The van der Waals surface area contributed by atoms with Gasteiger partial charge in [-0.05, 0) is 37.0 Å². The molecular formula is C15H18Br2N2O2. The number of hydrogen-bond donors (Lipinski definition) is 0. The van der Waals surface area contributed by atoms with Crippen molar-refractivity contribution in [3.8, 4) is 0 Å². The zero-order valence-electron chi connectivity index (χ0n) is 12.1. The van der Waals surface area contributed by atoms with Gasteiger partial charge in [0.05, 0.1) is 22.0 Å². The molecule has 0 amide bonds. The lowest BCUT2D eigenvalue weighted by atomic mass is 10.0. The molecule has 0 radical (unpaired) electrons. The monoisotopic (exact) mass is 416 g/mol. The van der Waals surface area contributed by atoms with Crippen molar-refractivity contribution in [2.45, 2.75) is 30.2 Å². The van der Waals surface area contributed by atoms with E-state index in [0.29, 0.717) is 0 Å². The Bertz CT molecular complexity index is 729. The number of fused-ring (bicyclic) bond motifs is 1. The molecule has 4 nitrogen and oxygen atoms in total. The van der Waals surface area contributed by atoms with E-state index in [0.717, 1.165) is 40.5 Å². The predicted octanol–water partition coefficient (Wildman–Crippen LogP) is 3.64. The first kappa shape index (κ1) is 15.3. The van der Waals surface area contributed by atoms with E-state index in [2.05, 4.69) is 37.9 Å². The maximum atomic E-state index is 12.1. The summed E-state index contributed by atoms with van der Waals surface area (Å²) < 4.78 is 10.2. The molecule has 114 valence electrons. The largest absolute Gasteiger partial charge is 0.377 e. The second kappa shape index (κ2) is 5.89. The Balaban J connectivity index is 2.08. The topological polar surface area (TPSA) is 36.2 Å². The minimum absolute atomic E-state index is 0.00547. The second-order valence-corrected chi connectivity index (χ2v) is 7.41. The molecule has 1 aliphatic rings. The van der Waals surface area contributed by atoms with E-state index in [1.807, 2.05) is 13.1 Å². The van der Waals surface area contributed by atoms with Gasteiger partial charge < -0.3 is 4.74 Å². The van der Waals surface area contributed by atoms with Gasteiger partial charge in [-0.3, -0.25) is 9.13 Å². The smallest absolute Gasteiger partial charge is 0.328 e. The molecule has 21 heavy (non-hydrogen) atoms. The number of halogens is 2. The summed E-state index contributed by atoms with van der Waals surface area (Å²) in [5.74, 6) is 0. The maximum Gasteiger partial charge on any atom is 0.328 e. The van der Waals surface area contributed by atoms with Crippen molar-refractivity contribution in [1.82, 2.24) is 9.13 Å². The molecule has 2 heterocycles. The molecule has 0 aliphatic carbocycles. The highest BCUT2D eigenvalue weighted by Crippen LogP contribution is 2.38. The van der Waals surface area contributed by atoms with Crippen LogP contribution in [-0.4, -0.2) is 21.8 Å². The number of alkyl halides is 1. The van der Waals surface area contributed by atoms with E-state index in [-0.39, 0.29) is 16.6 Å². The summed E-state index contributed by atoms with van der Waals surface area (Å²) in [6.07, 6.45) is 3.60. The normalized spacial score (nSPS) is 20.9. The van der Waals surface area contributed by atoms with E-state index < -0.39 is 0 Å². The molecule has 2 aromatic rings. The highest BCUT2D eigenvalue weighted by Gasteiger charge is 2.26. The molecule has 1 aromatic carbocycles. The SMILES string of the molecule is Cn1c(=O)n(C)c2cc(C(Br)C3CCCCO3)c(Br)cc21. The van der Waals surface area contributed by atoms with E-state index >= 15 is 0 Å². The van der Waals surface area contributed by atoms with Gasteiger partial charge >= 0.3 is 5.69 Å². The zero-order chi connectivity index (χ0) is 15.1. The van der Waals surface area contributed by atoms with Gasteiger partial charge in [-0.1, -0.05) is 31.9 Å². The first-order chi connectivity index (χ1) is 10.0. The average Bonchev–Trinajstić information content (AvgIpc) is 2.71. The third-order valence-corrected chi connectivity index (χ3v) is 6.00. The van der Waals surface area contributed by atoms with E-state index in [1.54, 1.807) is 16.2 Å². The molecule has 2 atom stereocenters. The summed E-state index contributed by atoms with van der Waals surface area (Å²) >= 11 is 7.43. The van der Waals surface area contributed by atoms with Gasteiger partial charge in [0.15, 0.2) is 0 Å². The van der Waals surface area contributed by atoms with Crippen LogP contribution >= 0.6 is 31.9 Å². The van der Waals surface area contributed by atoms with E-state index in [9.17, 15) is 4.79 Å². The minimum Gasteiger partial charge on any atom is -0.377 e. The molecule has 6 heteroatoms. The number of aryl methyl sites for hydroxylation is 2. The number of benzene rings is 1. The van der Waals surface area contributed by atoms with E-state index in [1.165, 1.54) is 6.42 Å². The lowest BCUT2D eigenvalue weighted by molar-refractivity contribution is 0.0160. The van der Waals surface area contributed by atoms with Gasteiger partial charge in [-0.15, -0.1) is 0 Å². The van der Waals surface area contributed by atoms with Gasteiger partial charge in [-0.2, -0.15) is 0 Å². The van der Waals surface area contributed by atoms with Crippen LogP contribution in [0.25, 0.3) is 11.0 Å². The van der Waals surface area contributed by atoms with Crippen LogP contribution in [0.3, 0.4) is 0 Å². The molecule has 0 N–H and O–H groups in total. The molecule has 1 aromatic heterocycles. The molecule has 3 rings (SSSR count). The van der Waals surface area contributed by atoms with Gasteiger partial charge in [0.25, 0.3) is 0 Å². The van der Waals surface area contributed by atoms with Crippen molar-refractivity contribution in [3.63, 3.8) is 0 Å². The minimum atomic E-state index is -0.00547. The number of hydrogen-bond acceptors (Lipinski definition) is 2. The third-order valence-electron chi connectivity index (χ3n) is 4.23. The van der Waals surface area contributed by atoms with Crippen LogP contribution in [0.5, 0.6) is 0 Å². The molecule has 0 saturated carbocycles. The highest BCUT2D eigenvalue weighted by atomic mass is 79.9. The lowest BCUT2D eigenvalue weighted by Gasteiger charge is -2.27. The second-order valence-electron chi connectivity index (χ2n) is 5.57. The summed E-state index contributed by atoms with van der Waals surface area (Å²) in [5.41, 5.74) is 3.01. The fourth-order valence-corrected chi connectivity index (χ4v) is 4.62. The summed E-state index contributed by atoms with van der Waals surface area (Å²) in [6, 6.07) is 4.10. The first-order valence-electron chi connectivity index (χ1n) is 7.11. The molecule has 1 fully saturated rings. The third kappa shape index (κ3) is 2.62. The van der Waals surface area contributed by atoms with Crippen LogP contribution in [0, 0.1) is 0 Å². The highest BCUT2D eigenvalue weighted by molar-refractivity contribution is 9.11. The van der Waals surface area contributed by atoms with Gasteiger partial charge in [0.2, 0.25) is 0 Å². The quantitative estimate of drug-likeness (QED) is 0.699. The maximum absolute atomic E-state index is 12.1. The number of rotatable bonds is 2. The van der Waals surface area contributed by atoms with Crippen molar-refractivity contribution in [1.29, 1.82) is 0 Å². The Kier molecular flexibility index (Phi) is 4.30. The van der Waals surface area contributed by atoms with Gasteiger partial charge in [0, 0.05) is 25.2 Å². The Morgan fingerprint density at radius 1 is 1.24 bits per heavy atom. The fraction of sp³-hybridized carbons (Fsp3) is 0.533. The number of imidazole rings is 1. The zero-order valence-corrected chi connectivity index (χ0v) is 15.3. The first-order valence-corrected chi connectivity index (χ1v) is 8.82. The summed E-state index contributed by atoms with van der Waals surface area (Å²) in [4.78, 5) is 12.2. The predicted molar refractivity (Wildman–Crippen MR) is 91.1 cm³/mol. The number of aromatic nitrogens is 2. The van der Waals surface area contributed by atoms with Crippen LogP contribution in [0.4, 0.5) is 0 Å². The summed E-state index contributed by atoms with van der Waals surface area (Å²) in [7, 11) is 3.61. The summed E-state index contributed by atoms with van der Waals surface area (Å²) in [6.45, 7) is 0.830. The summed E-state index contributed by atoms with van der Waals surface area (Å²) in [5, 5.41) is 0. The van der Waals surface area contributed by atoms with Gasteiger partial charge in [0.1, 0.15) is 0 Å². The molecule has 2 unspecified atom stereocenters. The Hall–Kier alpha value is -0.590. The molecule has 1 aliphatic heterocycles. The van der Waals surface area contributed by atoms with Gasteiger partial charge in [-0.25, -0.2) is 4.79 Å². The molecule has 0 bridgehead atoms. The van der Waals surface area contributed by atoms with Crippen molar-refractivity contribution in [2.75, 3.05) is 6.61 Å². The van der Waals surface area contributed by atoms with Crippen LogP contribution in [0.1, 0.15) is 29.7 Å².